The van der Waals surface area contributed by atoms with Gasteiger partial charge in [-0.25, -0.2) is 0 Å². The van der Waals surface area contributed by atoms with Crippen LogP contribution in [0.5, 0.6) is 0 Å². The lowest BCUT2D eigenvalue weighted by Crippen LogP contribution is -2.14. The number of furan rings is 1. The number of rotatable bonds is 4. The average Bonchev–Trinajstić information content (AvgIpc) is 2.86. The maximum Gasteiger partial charge on any atom is 0.108 e. The molecule has 2 nitrogen and oxygen atoms in total. The Balaban J connectivity index is 1.97. The van der Waals surface area contributed by atoms with Gasteiger partial charge in [0.2, 0.25) is 0 Å². The molecule has 0 amide bonds. The van der Waals surface area contributed by atoms with Gasteiger partial charge in [-0.05, 0) is 18.4 Å². The molecule has 1 aliphatic carbocycles. The Kier molecular flexibility index (Phi) is 3.47. The Hall–Kier alpha value is -0.760. The number of nitrogens with two attached hydrogens (primary N) is 1. The third-order valence-electron chi connectivity index (χ3n) is 3.56. The van der Waals surface area contributed by atoms with Crippen molar-refractivity contribution in [2.45, 2.75) is 51.5 Å². The van der Waals surface area contributed by atoms with Crippen LogP contribution in [0, 0.1) is 5.92 Å². The molecule has 0 aliphatic heterocycles. The van der Waals surface area contributed by atoms with Gasteiger partial charge in [-0.1, -0.05) is 32.6 Å². The molecule has 2 N–H and O–H groups in total. The third kappa shape index (κ3) is 2.43. The van der Waals surface area contributed by atoms with Crippen LogP contribution in [0.1, 0.15) is 56.4 Å². The minimum absolute atomic E-state index is 0.182. The summed E-state index contributed by atoms with van der Waals surface area (Å²) in [7, 11) is 0. The Bertz CT molecular complexity index is 299. The van der Waals surface area contributed by atoms with Crippen molar-refractivity contribution in [3.8, 4) is 0 Å². The van der Waals surface area contributed by atoms with Crippen molar-refractivity contribution < 1.29 is 4.42 Å². The van der Waals surface area contributed by atoms with Crippen molar-refractivity contribution in [2.24, 2.45) is 11.7 Å². The monoisotopic (exact) mass is 207 g/mol. The van der Waals surface area contributed by atoms with E-state index in [2.05, 4.69) is 6.92 Å². The quantitative estimate of drug-likeness (QED) is 0.821. The van der Waals surface area contributed by atoms with Gasteiger partial charge in [-0.3, -0.25) is 0 Å². The van der Waals surface area contributed by atoms with Gasteiger partial charge in [0.05, 0.1) is 6.26 Å². The van der Waals surface area contributed by atoms with Crippen LogP contribution in [0.2, 0.25) is 0 Å². The molecule has 1 aromatic rings. The van der Waals surface area contributed by atoms with Gasteiger partial charge in [-0.2, -0.15) is 0 Å². The molecule has 1 aliphatic rings. The molecule has 2 rings (SSSR count). The fraction of sp³-hybridized carbons (Fsp3) is 0.692. The molecule has 1 aromatic heterocycles. The summed E-state index contributed by atoms with van der Waals surface area (Å²) in [5.74, 6) is 1.92. The lowest BCUT2D eigenvalue weighted by atomic mass is 9.94. The van der Waals surface area contributed by atoms with Crippen molar-refractivity contribution in [1.29, 1.82) is 0 Å². The van der Waals surface area contributed by atoms with Gasteiger partial charge >= 0.3 is 0 Å². The molecule has 1 atom stereocenters. The maximum absolute atomic E-state index is 6.24. The summed E-state index contributed by atoms with van der Waals surface area (Å²) < 4.78 is 5.42. The van der Waals surface area contributed by atoms with Crippen LogP contribution in [-0.2, 0) is 6.42 Å². The van der Waals surface area contributed by atoms with Crippen molar-refractivity contribution in [2.75, 3.05) is 0 Å². The van der Waals surface area contributed by atoms with E-state index in [0.29, 0.717) is 0 Å². The zero-order chi connectivity index (χ0) is 10.7. The highest BCUT2D eigenvalue weighted by atomic mass is 16.3. The molecule has 0 bridgehead atoms. The van der Waals surface area contributed by atoms with Crippen LogP contribution in [0.4, 0.5) is 0 Å². The Morgan fingerprint density at radius 1 is 1.47 bits per heavy atom. The van der Waals surface area contributed by atoms with Crippen LogP contribution in [0.25, 0.3) is 0 Å². The van der Waals surface area contributed by atoms with Crippen LogP contribution >= 0.6 is 0 Å². The second-order valence-corrected chi connectivity index (χ2v) is 4.65. The zero-order valence-corrected chi connectivity index (χ0v) is 9.54. The Morgan fingerprint density at radius 3 is 2.87 bits per heavy atom. The first kappa shape index (κ1) is 10.7. The van der Waals surface area contributed by atoms with Crippen molar-refractivity contribution >= 4 is 0 Å². The minimum atomic E-state index is 0.182. The number of aryl methyl sites for hydroxylation is 1. The predicted molar refractivity (Wildman–Crippen MR) is 61.6 cm³/mol. The Labute approximate surface area is 91.8 Å². The van der Waals surface area contributed by atoms with E-state index in [9.17, 15) is 0 Å². The summed E-state index contributed by atoms with van der Waals surface area (Å²) in [6.45, 7) is 2.12. The maximum atomic E-state index is 6.24. The zero-order valence-electron chi connectivity index (χ0n) is 9.54. The van der Waals surface area contributed by atoms with Gasteiger partial charge in [0.1, 0.15) is 5.76 Å². The summed E-state index contributed by atoms with van der Waals surface area (Å²) >= 11 is 0. The largest absolute Gasteiger partial charge is 0.469 e. The van der Waals surface area contributed by atoms with E-state index in [0.717, 1.165) is 24.5 Å². The molecule has 0 saturated heterocycles. The van der Waals surface area contributed by atoms with E-state index in [1.165, 1.54) is 31.2 Å². The van der Waals surface area contributed by atoms with E-state index < -0.39 is 0 Å². The van der Waals surface area contributed by atoms with E-state index in [1.54, 1.807) is 6.26 Å². The van der Waals surface area contributed by atoms with Gasteiger partial charge < -0.3 is 10.2 Å². The third-order valence-corrected chi connectivity index (χ3v) is 3.56. The van der Waals surface area contributed by atoms with Crippen molar-refractivity contribution in [1.82, 2.24) is 0 Å². The average molecular weight is 207 g/mol. The molecule has 2 heteroatoms. The summed E-state index contributed by atoms with van der Waals surface area (Å²) in [6.07, 6.45) is 9.36. The van der Waals surface area contributed by atoms with E-state index in [1.807, 2.05) is 6.07 Å². The smallest absolute Gasteiger partial charge is 0.108 e. The molecule has 84 valence electrons. The van der Waals surface area contributed by atoms with E-state index in [-0.39, 0.29) is 6.04 Å². The SMILES string of the molecule is CCc1occc1C(N)CC1CCCC1. The molecule has 1 heterocycles. The van der Waals surface area contributed by atoms with Crippen LogP contribution < -0.4 is 5.73 Å². The van der Waals surface area contributed by atoms with Crippen LogP contribution in [-0.4, -0.2) is 0 Å². The summed E-state index contributed by atoms with van der Waals surface area (Å²) in [5.41, 5.74) is 7.46. The van der Waals surface area contributed by atoms with Crippen molar-refractivity contribution in [3.63, 3.8) is 0 Å². The molecule has 1 saturated carbocycles. The number of hydrogen-bond donors (Lipinski definition) is 1. The first-order valence-corrected chi connectivity index (χ1v) is 6.13. The summed E-state index contributed by atoms with van der Waals surface area (Å²) in [5, 5.41) is 0. The predicted octanol–water partition coefficient (Wildman–Crippen LogP) is 3.42. The molecule has 1 fully saturated rings. The molecule has 1 unspecified atom stereocenters. The normalized spacial score (nSPS) is 19.6. The standard InChI is InChI=1S/C13H21NO/c1-2-13-11(7-8-15-13)12(14)9-10-5-3-4-6-10/h7-8,10,12H,2-6,9,14H2,1H3. The second kappa shape index (κ2) is 4.84. The fourth-order valence-electron chi connectivity index (χ4n) is 2.70. The minimum Gasteiger partial charge on any atom is -0.469 e. The van der Waals surface area contributed by atoms with E-state index in [4.69, 9.17) is 10.2 Å². The van der Waals surface area contributed by atoms with E-state index >= 15 is 0 Å². The van der Waals surface area contributed by atoms with Gasteiger partial charge in [0.25, 0.3) is 0 Å². The first-order valence-electron chi connectivity index (χ1n) is 6.13. The molecular weight excluding hydrogens is 186 g/mol. The highest BCUT2D eigenvalue weighted by molar-refractivity contribution is 5.21. The highest BCUT2D eigenvalue weighted by Crippen LogP contribution is 2.33. The van der Waals surface area contributed by atoms with Crippen LogP contribution in [0.15, 0.2) is 16.7 Å². The molecule has 0 aromatic carbocycles. The molecule has 15 heavy (non-hydrogen) atoms. The summed E-state index contributed by atoms with van der Waals surface area (Å²) in [4.78, 5) is 0. The topological polar surface area (TPSA) is 39.2 Å². The van der Waals surface area contributed by atoms with Gasteiger partial charge in [-0.15, -0.1) is 0 Å². The first-order chi connectivity index (χ1) is 7.31. The highest BCUT2D eigenvalue weighted by Gasteiger charge is 2.21. The molecule has 0 spiro atoms. The molecular formula is C13H21NO. The number of hydrogen-bond acceptors (Lipinski definition) is 2. The molecule has 0 radical (unpaired) electrons. The lowest BCUT2D eigenvalue weighted by Gasteiger charge is -2.16. The Morgan fingerprint density at radius 2 is 2.20 bits per heavy atom. The second-order valence-electron chi connectivity index (χ2n) is 4.65. The van der Waals surface area contributed by atoms with Crippen molar-refractivity contribution in [3.05, 3.63) is 23.7 Å². The summed E-state index contributed by atoms with van der Waals surface area (Å²) in [6, 6.07) is 2.22. The van der Waals surface area contributed by atoms with Gasteiger partial charge in [0, 0.05) is 18.0 Å². The lowest BCUT2D eigenvalue weighted by molar-refractivity contribution is 0.440. The van der Waals surface area contributed by atoms with Gasteiger partial charge in [0.15, 0.2) is 0 Å². The van der Waals surface area contributed by atoms with Crippen LogP contribution in [0.3, 0.4) is 0 Å². The fourth-order valence-corrected chi connectivity index (χ4v) is 2.70.